The van der Waals surface area contributed by atoms with Crippen molar-refractivity contribution in [2.45, 2.75) is 135 Å². The molecule has 3 aliphatic carbocycles. The van der Waals surface area contributed by atoms with Gasteiger partial charge in [-0.3, -0.25) is 52.7 Å². The van der Waals surface area contributed by atoms with E-state index < -0.39 is 199 Å². The van der Waals surface area contributed by atoms with Crippen molar-refractivity contribution in [3.8, 4) is 0 Å². The number of esters is 22. The summed E-state index contributed by atoms with van der Waals surface area (Å²) in [5.74, 6) is -19.0. The minimum atomic E-state index is -6.02. The molecule has 47 heteroatoms. The molecule has 7 saturated heterocycles. The summed E-state index contributed by atoms with van der Waals surface area (Å²) < 4.78 is 147. The van der Waals surface area contributed by atoms with Crippen LogP contribution in [0.4, 0.5) is 26.3 Å². The topological polar surface area (TPSA) is 598 Å². The highest BCUT2D eigenvalue weighted by Crippen LogP contribution is 2.57. The molecule has 0 radical (unpaired) electrons. The molecule has 12 aliphatic heterocycles. The van der Waals surface area contributed by atoms with Gasteiger partial charge in [0.25, 0.3) is 0 Å². The zero-order valence-corrected chi connectivity index (χ0v) is 73.7. The Kier molecular flexibility index (Phi) is 29.6. The highest BCUT2D eigenvalue weighted by Gasteiger charge is 2.73. The lowest BCUT2D eigenvalue weighted by Gasteiger charge is -2.38. The van der Waals surface area contributed by atoms with Gasteiger partial charge in [-0.05, 0) is 122 Å². The van der Waals surface area contributed by atoms with Crippen molar-refractivity contribution in [1.82, 2.24) is 0 Å². The molecule has 41 nitrogen and oxygen atoms in total. The molecule has 2 saturated carbocycles. The van der Waals surface area contributed by atoms with E-state index in [1.807, 2.05) is 39.8 Å². The fraction of sp³-hybridized carbons (Fsp3) is 0.316. The Hall–Kier alpha value is -16.9. The first-order chi connectivity index (χ1) is 67.3. The number of allylic oxidation sites excluding steroid dienone is 2. The molecule has 14 heterocycles. The van der Waals surface area contributed by atoms with Crippen LogP contribution in [0.25, 0.3) is 21.5 Å². The van der Waals surface area contributed by atoms with Gasteiger partial charge in [0.1, 0.15) is 11.8 Å². The number of carbonyl (C=O) groups is 23. The van der Waals surface area contributed by atoms with Gasteiger partial charge in [0.05, 0.1) is 125 Å². The van der Waals surface area contributed by atoms with E-state index in [4.69, 9.17) is 4.74 Å². The van der Waals surface area contributed by atoms with Crippen molar-refractivity contribution < 1.29 is 202 Å². The summed E-state index contributed by atoms with van der Waals surface area (Å²) in [5, 5.41) is -0.0726. The summed E-state index contributed by atoms with van der Waals surface area (Å²) in [6.07, 6.45) is -1.27. The SMILES string of the molecule is CC.CC.CC1CC(=O)OC1=O.O=C(c1ccc2c(c1)C(=O)OC2=O)c1ccc2c(c1)C(=O)OC2=O.O=C1OC(=O)C2C1OC1C(=O)OC(=O)C12.O=C1OC(=O)C2CC=CCC12.O=C1OC(=O)C2CCCCC12.O=C1OC(=O)C2CCCCC12.O=C1OC(=O)c2cc(C(c3ccc4c(c3)C(=O)OC4=O)(C(F)(F)F)C(F)(F)F)ccc21.O=C1OC(=O)c2ccccc21.O=c1oc(=O)c2cc3c(=O)oc(=O)c3cc12. The zero-order valence-electron chi connectivity index (χ0n) is 73.7. The van der Waals surface area contributed by atoms with E-state index >= 15 is 0 Å². The van der Waals surface area contributed by atoms with Crippen molar-refractivity contribution in [2.75, 3.05) is 0 Å². The first kappa shape index (κ1) is 102. The monoisotopic (exact) mass is 1980 g/mol. The van der Waals surface area contributed by atoms with Crippen LogP contribution in [0.1, 0.15) is 236 Å². The van der Waals surface area contributed by atoms with Crippen LogP contribution in [0, 0.1) is 53.3 Å². The fourth-order valence-electron chi connectivity index (χ4n) is 17.1. The minimum Gasteiger partial charge on any atom is -0.393 e. The normalized spacial score (nSPS) is 23.1. The lowest BCUT2D eigenvalue weighted by atomic mass is 9.71. The molecule has 0 N–H and O–H groups in total. The maximum atomic E-state index is 14.2. The summed E-state index contributed by atoms with van der Waals surface area (Å²) in [6, 6.07) is 19.4. The number of cyclic esters (lactones) is 22. The minimum absolute atomic E-state index is 0.0154. The van der Waals surface area contributed by atoms with Gasteiger partial charge in [-0.1, -0.05) is 109 Å². The Morgan fingerprint density at radius 1 is 0.289 bits per heavy atom. The molecule has 8 aromatic rings. The van der Waals surface area contributed by atoms with E-state index in [0.29, 0.717) is 48.2 Å². The number of carbonyl (C=O) groups excluding carboxylic acids is 23. The Balaban J connectivity index is 0.000000138. The second-order valence-corrected chi connectivity index (χ2v) is 32.1. The Morgan fingerprint density at radius 2 is 0.556 bits per heavy atom. The molecule has 11 atom stereocenters. The number of halogens is 6. The molecule has 11 unspecified atom stereocenters. The Labute approximate surface area is 787 Å². The van der Waals surface area contributed by atoms with Gasteiger partial charge < -0.3 is 65.7 Å². The molecular weight excluding hydrogens is 1910 g/mol. The number of ketones is 1. The fourth-order valence-corrected chi connectivity index (χ4v) is 17.1. The van der Waals surface area contributed by atoms with Crippen LogP contribution >= 0.6 is 0 Å². The molecule has 15 aliphatic rings. The van der Waals surface area contributed by atoms with Gasteiger partial charge in [-0.15, -0.1) is 0 Å². The van der Waals surface area contributed by atoms with Gasteiger partial charge in [0, 0.05) is 11.1 Å². The smallest absolute Gasteiger partial charge is 0.393 e. The summed E-state index contributed by atoms with van der Waals surface area (Å²) in [5.41, 5.74) is -12.1. The van der Waals surface area contributed by atoms with Crippen LogP contribution in [-0.2, 0) is 120 Å². The summed E-state index contributed by atoms with van der Waals surface area (Å²) >= 11 is 0. The molecular formula is C95H68F6O41. The second kappa shape index (κ2) is 41.0. The maximum Gasteiger partial charge on any atom is 0.411 e. The number of benzene rings is 6. The van der Waals surface area contributed by atoms with Crippen LogP contribution in [0.3, 0.4) is 0 Å². The summed E-state index contributed by atoms with van der Waals surface area (Å²) in [6.45, 7) is 9.67. The number of fused-ring (bicyclic) bond motifs is 13. The predicted octanol–water partition coefficient (Wildman–Crippen LogP) is 8.46. The average molecular weight is 1980 g/mol. The van der Waals surface area contributed by atoms with Crippen molar-refractivity contribution in [3.63, 3.8) is 0 Å². The Bertz CT molecular complexity index is 6600. The number of furan rings is 2. The van der Waals surface area contributed by atoms with Crippen LogP contribution in [-0.4, -0.2) is 162 Å². The van der Waals surface area contributed by atoms with Crippen molar-refractivity contribution in [2.24, 2.45) is 53.3 Å². The van der Waals surface area contributed by atoms with Gasteiger partial charge in [0.15, 0.2) is 18.0 Å². The number of ether oxygens (including phenoxy) is 12. The molecule has 0 bridgehead atoms. The van der Waals surface area contributed by atoms with Crippen molar-refractivity contribution >= 4 is 159 Å². The molecule has 9 fully saturated rings. The van der Waals surface area contributed by atoms with Gasteiger partial charge in [0.2, 0.25) is 5.41 Å². The molecule has 736 valence electrons. The largest absolute Gasteiger partial charge is 0.411 e. The van der Waals surface area contributed by atoms with E-state index in [2.05, 4.69) is 60.9 Å². The van der Waals surface area contributed by atoms with Crippen LogP contribution in [0.5, 0.6) is 0 Å². The molecule has 6 aromatic carbocycles. The second-order valence-electron chi connectivity index (χ2n) is 32.1. The van der Waals surface area contributed by atoms with Gasteiger partial charge >= 0.3 is 166 Å². The molecule has 23 rings (SSSR count). The quantitative estimate of drug-likeness (QED) is 0.0398. The Morgan fingerprint density at radius 3 is 0.831 bits per heavy atom. The number of hydrogen-bond acceptors (Lipinski definition) is 41. The summed E-state index contributed by atoms with van der Waals surface area (Å²) in [7, 11) is 0. The number of rotatable bonds is 4. The van der Waals surface area contributed by atoms with Gasteiger partial charge in [-0.25, -0.2) is 76.7 Å². The highest BCUT2D eigenvalue weighted by atomic mass is 19.4. The van der Waals surface area contributed by atoms with E-state index in [1.165, 1.54) is 36.4 Å². The third-order valence-electron chi connectivity index (χ3n) is 24.0. The molecule has 142 heavy (non-hydrogen) atoms. The maximum absolute atomic E-state index is 14.2. The van der Waals surface area contributed by atoms with E-state index in [0.717, 1.165) is 63.5 Å². The van der Waals surface area contributed by atoms with E-state index in [-0.39, 0.29) is 151 Å². The van der Waals surface area contributed by atoms with E-state index in [9.17, 15) is 156 Å². The molecule has 0 amide bonds. The van der Waals surface area contributed by atoms with Gasteiger partial charge in [-0.2, -0.15) is 26.3 Å². The van der Waals surface area contributed by atoms with Crippen molar-refractivity contribution in [1.29, 1.82) is 0 Å². The van der Waals surface area contributed by atoms with Crippen LogP contribution in [0.15, 0.2) is 149 Å². The first-order valence-corrected chi connectivity index (χ1v) is 43.0. The molecule has 2 aromatic heterocycles. The van der Waals surface area contributed by atoms with Crippen molar-refractivity contribution in [3.05, 3.63) is 241 Å². The first-order valence-electron chi connectivity index (χ1n) is 43.0. The predicted molar refractivity (Wildman–Crippen MR) is 446 cm³/mol. The molecule has 0 spiro atoms. The summed E-state index contributed by atoms with van der Waals surface area (Å²) in [4.78, 5) is 302. The average Bonchev–Trinajstić information content (AvgIpc) is 1.43. The van der Waals surface area contributed by atoms with Crippen LogP contribution in [0.2, 0.25) is 0 Å². The third-order valence-corrected chi connectivity index (χ3v) is 24.0. The van der Waals surface area contributed by atoms with E-state index in [1.54, 1.807) is 31.2 Å². The standard InChI is InChI=1S/C19H6F6O6.C17H6O7.C10H2O6.C8H4O7.2C8H10O3.C8H8O3.C8H4O3.C5H6O3.2C2H6/c20-18(21,22)17(19(23,24)25,7-1-3-9-11(5-7)15(28)30-13(9)26)8-2-4-10-12(6-8)16(29)31-14(10)27;18-13(7-1-3-9-11(5-7)16(21)23-14(9)19)8-2-4-10-12(6-8)17(22)24-15(10)20;11-7-3-1-4-6(10(14)16-8(4)12)2-5(3)9(13)15-7;9-5-1-2-4(8(12)15-6(2)10)13-3(1)7(11)14-5;4*9-7-5-3-1-2-4-6(5)8(10)11-7;1-3-2-4(6)8-5(3)7;2*1-2/h1-6H;1-6H;1-2H;1-4H;2*5-6H,1-4H2;1-2,5-6H,3-4H2;1-4H;3H,2H2,1H3;2*1-2H3. The zero-order chi connectivity index (χ0) is 104. The third kappa shape index (κ3) is 19.7. The highest BCUT2D eigenvalue weighted by molar-refractivity contribution is 6.21. The number of alkyl halides is 6. The van der Waals surface area contributed by atoms with Crippen LogP contribution < -0.4 is 22.5 Å². The number of hydrogen-bond donors (Lipinski definition) is 0. The lowest BCUT2D eigenvalue weighted by molar-refractivity contribution is -0.288. The lowest BCUT2D eigenvalue weighted by Crippen LogP contribution is -2.55.